The fourth-order valence-corrected chi connectivity index (χ4v) is 2.17. The van der Waals surface area contributed by atoms with E-state index in [1.807, 2.05) is 0 Å². The molecule has 2 atom stereocenters. The number of benzene rings is 1. The average molecular weight is 263 g/mol. The Balaban J connectivity index is 2.41. The summed E-state index contributed by atoms with van der Waals surface area (Å²) in [5.41, 5.74) is 2.78. The van der Waals surface area contributed by atoms with Crippen molar-refractivity contribution in [2.24, 2.45) is 5.92 Å². The van der Waals surface area contributed by atoms with Crippen molar-refractivity contribution in [3.05, 3.63) is 35.4 Å². The maximum Gasteiger partial charge on any atom is 0.0434 e. The number of hydrogen-bond donors (Lipinski definition) is 2. The van der Waals surface area contributed by atoms with E-state index in [0.29, 0.717) is 12.0 Å². The van der Waals surface area contributed by atoms with Gasteiger partial charge in [0, 0.05) is 12.6 Å². The Labute approximate surface area is 118 Å². The molecule has 1 aromatic carbocycles. The minimum atomic E-state index is 0.281. The third-order valence-corrected chi connectivity index (χ3v) is 3.69. The van der Waals surface area contributed by atoms with Gasteiger partial charge in [0.2, 0.25) is 0 Å². The van der Waals surface area contributed by atoms with E-state index in [1.54, 1.807) is 0 Å². The molecule has 2 heteroatoms. The van der Waals surface area contributed by atoms with E-state index in [-0.39, 0.29) is 6.61 Å². The van der Waals surface area contributed by atoms with E-state index >= 15 is 0 Å². The zero-order chi connectivity index (χ0) is 14.1. The lowest BCUT2D eigenvalue weighted by atomic mass is 10.0. The van der Waals surface area contributed by atoms with Crippen LogP contribution >= 0.6 is 0 Å². The number of aliphatic hydroxyl groups excluding tert-OH is 1. The molecule has 0 aliphatic carbocycles. The molecule has 0 bridgehead atoms. The Hall–Kier alpha value is -0.860. The largest absolute Gasteiger partial charge is 0.396 e. The number of rotatable bonds is 9. The molecule has 0 saturated heterocycles. The second kappa shape index (κ2) is 9.11. The molecule has 2 unspecified atom stereocenters. The second-order valence-electron chi connectivity index (χ2n) is 5.59. The fourth-order valence-electron chi connectivity index (χ4n) is 2.17. The van der Waals surface area contributed by atoms with Gasteiger partial charge in [-0.3, -0.25) is 0 Å². The van der Waals surface area contributed by atoms with Gasteiger partial charge in [0.1, 0.15) is 0 Å². The van der Waals surface area contributed by atoms with Gasteiger partial charge >= 0.3 is 0 Å². The summed E-state index contributed by atoms with van der Waals surface area (Å²) in [5.74, 6) is 0.524. The van der Waals surface area contributed by atoms with Crippen molar-refractivity contribution in [2.75, 3.05) is 13.2 Å². The van der Waals surface area contributed by atoms with Crippen molar-refractivity contribution < 1.29 is 5.11 Å². The van der Waals surface area contributed by atoms with Crippen LogP contribution in [0.4, 0.5) is 0 Å². The van der Waals surface area contributed by atoms with Gasteiger partial charge in [-0.1, -0.05) is 44.5 Å². The molecule has 0 radical (unpaired) electrons. The van der Waals surface area contributed by atoms with Crippen molar-refractivity contribution in [1.82, 2.24) is 5.32 Å². The number of aryl methyl sites for hydroxylation is 1. The first-order chi connectivity index (χ1) is 9.17. The van der Waals surface area contributed by atoms with Gasteiger partial charge in [0.15, 0.2) is 0 Å². The van der Waals surface area contributed by atoms with Gasteiger partial charge in [-0.15, -0.1) is 0 Å². The van der Waals surface area contributed by atoms with Crippen LogP contribution in [0.25, 0.3) is 0 Å². The Kier molecular flexibility index (Phi) is 7.76. The number of unbranched alkanes of at least 4 members (excludes halogenated alkanes) is 1. The summed E-state index contributed by atoms with van der Waals surface area (Å²) >= 11 is 0. The van der Waals surface area contributed by atoms with Crippen LogP contribution in [0.2, 0.25) is 0 Å². The number of hydrogen-bond acceptors (Lipinski definition) is 2. The molecule has 108 valence electrons. The van der Waals surface area contributed by atoms with Gasteiger partial charge in [-0.25, -0.2) is 0 Å². The van der Waals surface area contributed by atoms with Crippen LogP contribution in [-0.2, 0) is 6.42 Å². The normalized spacial score (nSPS) is 14.3. The third-order valence-electron chi connectivity index (χ3n) is 3.69. The van der Waals surface area contributed by atoms with Crippen LogP contribution in [0.1, 0.15) is 57.2 Å². The first-order valence-corrected chi connectivity index (χ1v) is 7.60. The Morgan fingerprint density at radius 1 is 1.16 bits per heavy atom. The molecular weight excluding hydrogens is 234 g/mol. The van der Waals surface area contributed by atoms with Gasteiger partial charge < -0.3 is 10.4 Å². The monoisotopic (exact) mass is 263 g/mol. The molecule has 0 saturated carbocycles. The van der Waals surface area contributed by atoms with E-state index in [0.717, 1.165) is 13.0 Å². The molecule has 0 heterocycles. The Bertz CT molecular complexity index is 334. The Morgan fingerprint density at radius 3 is 2.42 bits per heavy atom. The van der Waals surface area contributed by atoms with Gasteiger partial charge in [-0.05, 0) is 49.8 Å². The summed E-state index contributed by atoms with van der Waals surface area (Å²) in [6, 6.07) is 9.35. The van der Waals surface area contributed by atoms with E-state index in [2.05, 4.69) is 50.4 Å². The van der Waals surface area contributed by atoms with E-state index in [9.17, 15) is 0 Å². The van der Waals surface area contributed by atoms with Crippen LogP contribution < -0.4 is 5.32 Å². The molecule has 0 aliphatic heterocycles. The molecule has 2 N–H and O–H groups in total. The molecule has 0 fully saturated rings. The molecule has 0 aliphatic rings. The van der Waals surface area contributed by atoms with Crippen molar-refractivity contribution in [2.45, 2.75) is 52.5 Å². The van der Waals surface area contributed by atoms with Crippen LogP contribution in [-0.4, -0.2) is 18.3 Å². The van der Waals surface area contributed by atoms with Crippen molar-refractivity contribution in [1.29, 1.82) is 0 Å². The zero-order valence-electron chi connectivity index (χ0n) is 12.7. The quantitative estimate of drug-likeness (QED) is 0.712. The topological polar surface area (TPSA) is 32.3 Å². The first kappa shape index (κ1) is 16.2. The molecule has 0 amide bonds. The van der Waals surface area contributed by atoms with E-state index < -0.39 is 0 Å². The van der Waals surface area contributed by atoms with Gasteiger partial charge in [-0.2, -0.15) is 0 Å². The average Bonchev–Trinajstić information content (AvgIpc) is 2.43. The van der Waals surface area contributed by atoms with Gasteiger partial charge in [0.05, 0.1) is 0 Å². The molecule has 19 heavy (non-hydrogen) atoms. The highest BCUT2D eigenvalue weighted by Crippen LogP contribution is 2.15. The summed E-state index contributed by atoms with van der Waals surface area (Å²) < 4.78 is 0. The standard InChI is InChI=1S/C17H29NO/c1-4-5-6-16-7-9-17(10-8-16)15(3)18-13-14(2)11-12-19/h7-10,14-15,18-19H,4-6,11-13H2,1-3H3. The van der Waals surface area contributed by atoms with Crippen molar-refractivity contribution in [3.63, 3.8) is 0 Å². The molecule has 1 aromatic rings. The summed E-state index contributed by atoms with van der Waals surface area (Å²) in [6.07, 6.45) is 4.58. The highest BCUT2D eigenvalue weighted by molar-refractivity contribution is 5.24. The minimum Gasteiger partial charge on any atom is -0.396 e. The second-order valence-corrected chi connectivity index (χ2v) is 5.59. The lowest BCUT2D eigenvalue weighted by Crippen LogP contribution is -2.25. The Morgan fingerprint density at radius 2 is 1.84 bits per heavy atom. The highest BCUT2D eigenvalue weighted by Gasteiger charge is 2.07. The lowest BCUT2D eigenvalue weighted by Gasteiger charge is -2.18. The van der Waals surface area contributed by atoms with Gasteiger partial charge in [0.25, 0.3) is 0 Å². The molecule has 1 rings (SSSR count). The molecular formula is C17H29NO. The van der Waals surface area contributed by atoms with Crippen LogP contribution in [0.5, 0.6) is 0 Å². The summed E-state index contributed by atoms with van der Waals surface area (Å²) in [4.78, 5) is 0. The number of nitrogens with one attached hydrogen (secondary N) is 1. The van der Waals surface area contributed by atoms with Crippen molar-refractivity contribution in [3.8, 4) is 0 Å². The maximum absolute atomic E-state index is 8.89. The summed E-state index contributed by atoms with van der Waals surface area (Å²) in [6.45, 7) is 7.84. The lowest BCUT2D eigenvalue weighted by molar-refractivity contribution is 0.258. The van der Waals surface area contributed by atoms with Crippen LogP contribution in [0.15, 0.2) is 24.3 Å². The first-order valence-electron chi connectivity index (χ1n) is 7.60. The minimum absolute atomic E-state index is 0.281. The molecule has 0 spiro atoms. The maximum atomic E-state index is 8.89. The number of aliphatic hydroxyl groups is 1. The predicted molar refractivity (Wildman–Crippen MR) is 82.3 cm³/mol. The fraction of sp³-hybridized carbons (Fsp3) is 0.647. The molecule has 2 nitrogen and oxygen atoms in total. The predicted octanol–water partition coefficient (Wildman–Crippen LogP) is 3.70. The van der Waals surface area contributed by atoms with Crippen LogP contribution in [0, 0.1) is 5.92 Å². The van der Waals surface area contributed by atoms with Crippen molar-refractivity contribution >= 4 is 0 Å². The third kappa shape index (κ3) is 6.22. The summed E-state index contributed by atoms with van der Waals surface area (Å²) in [5, 5.41) is 12.4. The smallest absolute Gasteiger partial charge is 0.0434 e. The molecule has 0 aromatic heterocycles. The summed E-state index contributed by atoms with van der Waals surface area (Å²) in [7, 11) is 0. The highest BCUT2D eigenvalue weighted by atomic mass is 16.3. The zero-order valence-corrected chi connectivity index (χ0v) is 12.7. The SMILES string of the molecule is CCCCc1ccc(C(C)NCC(C)CCO)cc1. The van der Waals surface area contributed by atoms with E-state index in [1.165, 1.54) is 30.4 Å². The van der Waals surface area contributed by atoms with E-state index in [4.69, 9.17) is 5.11 Å². The van der Waals surface area contributed by atoms with Crippen LogP contribution in [0.3, 0.4) is 0 Å².